The minimum absolute atomic E-state index is 0.571. The van der Waals surface area contributed by atoms with Crippen LogP contribution >= 0.6 is 0 Å². The van der Waals surface area contributed by atoms with E-state index < -0.39 is 12.1 Å². The van der Waals surface area contributed by atoms with E-state index in [1.54, 1.807) is 6.92 Å². The molecule has 0 radical (unpaired) electrons. The van der Waals surface area contributed by atoms with Gasteiger partial charge in [0.15, 0.2) is 5.85 Å². The van der Waals surface area contributed by atoms with Crippen LogP contribution in [0.2, 0.25) is 0 Å². The molecule has 0 aromatic carbocycles. The fraction of sp³-hybridized carbons (Fsp3) is 1.00. The third-order valence-electron chi connectivity index (χ3n) is 1.36. The first-order chi connectivity index (χ1) is 5.02. The van der Waals surface area contributed by atoms with E-state index >= 15 is 0 Å². The van der Waals surface area contributed by atoms with Gasteiger partial charge in [0.05, 0.1) is 0 Å². The van der Waals surface area contributed by atoms with Crippen LogP contribution in [-0.2, 0) is 0 Å². The second-order valence-electron chi connectivity index (χ2n) is 2.67. The van der Waals surface area contributed by atoms with Crippen LogP contribution in [-0.4, -0.2) is 28.8 Å². The van der Waals surface area contributed by atoms with Crippen LogP contribution in [0.5, 0.6) is 0 Å². The highest BCUT2D eigenvalue weighted by atomic mass is 16.3. The van der Waals surface area contributed by atoms with Crippen molar-refractivity contribution < 1.29 is 10.2 Å². The van der Waals surface area contributed by atoms with Crippen molar-refractivity contribution in [1.29, 1.82) is 0 Å². The normalized spacial score (nSPS) is 19.4. The van der Waals surface area contributed by atoms with Gasteiger partial charge in [-0.15, -0.1) is 0 Å². The van der Waals surface area contributed by atoms with E-state index in [1.165, 1.54) is 0 Å². The van der Waals surface area contributed by atoms with Crippen molar-refractivity contribution in [2.75, 3.05) is 6.54 Å². The second kappa shape index (κ2) is 4.66. The number of aliphatic hydroxyl groups is 2. The van der Waals surface area contributed by atoms with Gasteiger partial charge in [0, 0.05) is 0 Å². The quantitative estimate of drug-likeness (QED) is 0.415. The third-order valence-corrected chi connectivity index (χ3v) is 1.36. The summed E-state index contributed by atoms with van der Waals surface area (Å²) in [5.41, 5.74) is 0. The van der Waals surface area contributed by atoms with Gasteiger partial charge in [-0.05, 0) is 19.9 Å². The van der Waals surface area contributed by atoms with Crippen LogP contribution in [0.4, 0.5) is 0 Å². The van der Waals surface area contributed by atoms with Gasteiger partial charge in [0.25, 0.3) is 0 Å². The molecule has 0 aliphatic carbocycles. The number of rotatable bonds is 5. The summed E-state index contributed by atoms with van der Waals surface area (Å²) in [4.78, 5) is 0. The predicted molar refractivity (Wildman–Crippen MR) is 43.7 cm³/mol. The summed E-state index contributed by atoms with van der Waals surface area (Å²) in [6.45, 7) is 5.93. The molecular weight excluding hydrogens is 144 g/mol. The topological polar surface area (TPSA) is 64.5 Å². The van der Waals surface area contributed by atoms with Crippen LogP contribution in [0, 0.1) is 0 Å². The lowest BCUT2D eigenvalue weighted by molar-refractivity contribution is -0.0570. The lowest BCUT2D eigenvalue weighted by Crippen LogP contribution is -2.57. The van der Waals surface area contributed by atoms with Crippen LogP contribution in [0.25, 0.3) is 0 Å². The largest absolute Gasteiger partial charge is 0.379 e. The first-order valence-corrected chi connectivity index (χ1v) is 3.95. The maximum Gasteiger partial charge on any atom is 0.170 e. The van der Waals surface area contributed by atoms with Gasteiger partial charge in [0.1, 0.15) is 6.23 Å². The lowest BCUT2D eigenvalue weighted by atomic mass is 10.3. The average molecular weight is 162 g/mol. The molecule has 4 nitrogen and oxygen atoms in total. The van der Waals surface area contributed by atoms with Crippen LogP contribution in [0.15, 0.2) is 0 Å². The van der Waals surface area contributed by atoms with Gasteiger partial charge in [-0.3, -0.25) is 10.6 Å². The van der Waals surface area contributed by atoms with Crippen LogP contribution < -0.4 is 10.6 Å². The minimum atomic E-state index is -1.18. The van der Waals surface area contributed by atoms with Crippen molar-refractivity contribution in [3.05, 3.63) is 0 Å². The predicted octanol–water partition coefficient (Wildman–Crippen LogP) is -0.420. The monoisotopic (exact) mass is 162 g/mol. The molecule has 0 saturated carbocycles. The van der Waals surface area contributed by atoms with E-state index in [2.05, 4.69) is 10.6 Å². The van der Waals surface area contributed by atoms with Gasteiger partial charge in [-0.25, -0.2) is 0 Å². The average Bonchev–Trinajstić information content (AvgIpc) is 1.86. The van der Waals surface area contributed by atoms with E-state index in [0.717, 1.165) is 0 Å². The zero-order valence-electron chi connectivity index (χ0n) is 7.39. The standard InChI is InChI=1S/C7H18N2O2/c1-4-6(10)9-7(3,11)8-5-2/h6,8-11H,4-5H2,1-3H3. The molecule has 0 aliphatic heterocycles. The molecular formula is C7H18N2O2. The molecule has 4 N–H and O–H groups in total. The molecule has 0 fully saturated rings. The molecule has 0 aromatic rings. The smallest absolute Gasteiger partial charge is 0.170 e. The maximum atomic E-state index is 9.43. The maximum absolute atomic E-state index is 9.43. The molecule has 11 heavy (non-hydrogen) atoms. The zero-order chi connectivity index (χ0) is 8.91. The van der Waals surface area contributed by atoms with E-state index in [1.807, 2.05) is 13.8 Å². The van der Waals surface area contributed by atoms with E-state index in [0.29, 0.717) is 13.0 Å². The van der Waals surface area contributed by atoms with Gasteiger partial charge in [-0.1, -0.05) is 13.8 Å². The first kappa shape index (κ1) is 10.8. The fourth-order valence-electron chi connectivity index (χ4n) is 0.822. The van der Waals surface area contributed by atoms with E-state index in [-0.39, 0.29) is 0 Å². The Kier molecular flexibility index (Phi) is 4.60. The van der Waals surface area contributed by atoms with Crippen molar-refractivity contribution in [3.63, 3.8) is 0 Å². The second-order valence-corrected chi connectivity index (χ2v) is 2.67. The highest BCUT2D eigenvalue weighted by Gasteiger charge is 2.19. The molecule has 68 valence electrons. The molecule has 0 aromatic heterocycles. The molecule has 0 aliphatic rings. The Morgan fingerprint density at radius 1 is 1.45 bits per heavy atom. The molecule has 2 unspecified atom stereocenters. The highest BCUT2D eigenvalue weighted by Crippen LogP contribution is 1.95. The number of hydrogen-bond acceptors (Lipinski definition) is 4. The lowest BCUT2D eigenvalue weighted by Gasteiger charge is -2.28. The molecule has 4 heteroatoms. The van der Waals surface area contributed by atoms with Crippen LogP contribution in [0.3, 0.4) is 0 Å². The summed E-state index contributed by atoms with van der Waals surface area (Å²) in [6, 6.07) is 0. The third kappa shape index (κ3) is 5.15. The van der Waals surface area contributed by atoms with Gasteiger partial charge in [-0.2, -0.15) is 0 Å². The minimum Gasteiger partial charge on any atom is -0.379 e. The van der Waals surface area contributed by atoms with Crippen molar-refractivity contribution in [1.82, 2.24) is 10.6 Å². The van der Waals surface area contributed by atoms with Crippen molar-refractivity contribution >= 4 is 0 Å². The molecule has 0 spiro atoms. The zero-order valence-corrected chi connectivity index (χ0v) is 7.39. The Morgan fingerprint density at radius 2 is 2.00 bits per heavy atom. The molecule has 0 saturated heterocycles. The summed E-state index contributed by atoms with van der Waals surface area (Å²) >= 11 is 0. The molecule has 0 rings (SSSR count). The highest BCUT2D eigenvalue weighted by molar-refractivity contribution is 4.66. The molecule has 0 bridgehead atoms. The Balaban J connectivity index is 3.70. The molecule has 2 atom stereocenters. The number of nitrogens with one attached hydrogen (secondary N) is 2. The summed E-state index contributed by atoms with van der Waals surface area (Å²) < 4.78 is 0. The van der Waals surface area contributed by atoms with Crippen molar-refractivity contribution in [2.45, 2.75) is 39.3 Å². The fourth-order valence-corrected chi connectivity index (χ4v) is 0.822. The summed E-state index contributed by atoms with van der Waals surface area (Å²) in [7, 11) is 0. The van der Waals surface area contributed by atoms with Gasteiger partial charge < -0.3 is 10.2 Å². The summed E-state index contributed by atoms with van der Waals surface area (Å²) in [5, 5.41) is 23.9. The van der Waals surface area contributed by atoms with Crippen molar-refractivity contribution in [3.8, 4) is 0 Å². The Hall–Kier alpha value is -0.160. The number of aliphatic hydroxyl groups excluding tert-OH is 1. The van der Waals surface area contributed by atoms with Gasteiger partial charge >= 0.3 is 0 Å². The van der Waals surface area contributed by atoms with E-state index in [9.17, 15) is 5.11 Å². The first-order valence-electron chi connectivity index (χ1n) is 3.95. The number of hydrogen-bond donors (Lipinski definition) is 4. The summed E-state index contributed by atoms with van der Waals surface area (Å²) in [6.07, 6.45) is -0.0919. The van der Waals surface area contributed by atoms with Crippen LogP contribution in [0.1, 0.15) is 27.2 Å². The summed E-state index contributed by atoms with van der Waals surface area (Å²) in [5.74, 6) is -1.18. The van der Waals surface area contributed by atoms with Gasteiger partial charge in [0.2, 0.25) is 0 Å². The Morgan fingerprint density at radius 3 is 2.36 bits per heavy atom. The molecule has 0 amide bonds. The SMILES string of the molecule is CCNC(C)(O)NC(O)CC. The van der Waals surface area contributed by atoms with E-state index in [4.69, 9.17) is 5.11 Å². The Labute approximate surface area is 67.6 Å². The Bertz CT molecular complexity index is 107. The molecule has 0 heterocycles. The van der Waals surface area contributed by atoms with Crippen molar-refractivity contribution in [2.24, 2.45) is 0 Å².